The Morgan fingerprint density at radius 3 is 2.72 bits per heavy atom. The standard InChI is InChI=1S/C18H15N5O2/c1-12-2-4-13(5-3-12)15-6-7-16-20-21-17(23(16)22-15)10-19-18(24)14-8-9-25-11-14/h2-9,11H,10H2,1H3,(H,19,24). The fourth-order valence-electron chi connectivity index (χ4n) is 2.48. The summed E-state index contributed by atoms with van der Waals surface area (Å²) in [6, 6.07) is 13.5. The van der Waals surface area contributed by atoms with E-state index < -0.39 is 0 Å². The van der Waals surface area contributed by atoms with Crippen LogP contribution in [-0.4, -0.2) is 25.7 Å². The topological polar surface area (TPSA) is 85.3 Å². The van der Waals surface area contributed by atoms with Crippen LogP contribution in [-0.2, 0) is 6.54 Å². The molecule has 1 amide bonds. The Morgan fingerprint density at radius 1 is 1.12 bits per heavy atom. The van der Waals surface area contributed by atoms with Crippen LogP contribution >= 0.6 is 0 Å². The maximum atomic E-state index is 12.0. The molecule has 0 radical (unpaired) electrons. The van der Waals surface area contributed by atoms with Crippen molar-refractivity contribution in [2.24, 2.45) is 0 Å². The molecule has 25 heavy (non-hydrogen) atoms. The molecule has 0 saturated heterocycles. The van der Waals surface area contributed by atoms with Crippen molar-refractivity contribution in [3.8, 4) is 11.3 Å². The van der Waals surface area contributed by atoms with Crippen LogP contribution in [0, 0.1) is 6.92 Å². The van der Waals surface area contributed by atoms with Crippen LogP contribution in [0.1, 0.15) is 21.7 Å². The lowest BCUT2D eigenvalue weighted by Gasteiger charge is -2.04. The van der Waals surface area contributed by atoms with Gasteiger partial charge in [0.15, 0.2) is 11.5 Å². The minimum Gasteiger partial charge on any atom is -0.472 e. The van der Waals surface area contributed by atoms with Gasteiger partial charge < -0.3 is 9.73 Å². The van der Waals surface area contributed by atoms with Crippen molar-refractivity contribution in [3.05, 3.63) is 71.9 Å². The van der Waals surface area contributed by atoms with E-state index >= 15 is 0 Å². The summed E-state index contributed by atoms with van der Waals surface area (Å²) in [6.07, 6.45) is 2.85. The molecule has 0 aliphatic carbocycles. The minimum absolute atomic E-state index is 0.218. The van der Waals surface area contributed by atoms with Crippen molar-refractivity contribution in [2.75, 3.05) is 0 Å². The zero-order chi connectivity index (χ0) is 17.2. The molecule has 0 saturated carbocycles. The number of fused-ring (bicyclic) bond motifs is 1. The van der Waals surface area contributed by atoms with Gasteiger partial charge in [-0.05, 0) is 25.1 Å². The Hall–Kier alpha value is -3.48. The lowest BCUT2D eigenvalue weighted by molar-refractivity contribution is 0.0949. The van der Waals surface area contributed by atoms with Gasteiger partial charge in [0.05, 0.1) is 24.1 Å². The van der Waals surface area contributed by atoms with E-state index in [1.807, 2.05) is 43.3 Å². The van der Waals surface area contributed by atoms with Gasteiger partial charge in [-0.2, -0.15) is 9.61 Å². The summed E-state index contributed by atoms with van der Waals surface area (Å²) in [5.41, 5.74) is 4.10. The van der Waals surface area contributed by atoms with Gasteiger partial charge in [0, 0.05) is 5.56 Å². The second-order valence-electron chi connectivity index (χ2n) is 5.67. The van der Waals surface area contributed by atoms with Gasteiger partial charge in [-0.1, -0.05) is 29.8 Å². The minimum atomic E-state index is -0.236. The number of furan rings is 1. The van der Waals surface area contributed by atoms with Gasteiger partial charge in [0.25, 0.3) is 5.91 Å². The van der Waals surface area contributed by atoms with Crippen LogP contribution in [0.25, 0.3) is 16.9 Å². The molecule has 0 spiro atoms. The molecule has 0 unspecified atom stereocenters. The molecule has 124 valence electrons. The van der Waals surface area contributed by atoms with Crippen LogP contribution in [0.3, 0.4) is 0 Å². The number of aromatic nitrogens is 4. The van der Waals surface area contributed by atoms with E-state index in [4.69, 9.17) is 4.42 Å². The normalized spacial score (nSPS) is 10.9. The highest BCUT2D eigenvalue weighted by atomic mass is 16.3. The first-order valence-electron chi connectivity index (χ1n) is 7.79. The second-order valence-corrected chi connectivity index (χ2v) is 5.67. The molecule has 7 nitrogen and oxygen atoms in total. The fraction of sp³-hybridized carbons (Fsp3) is 0.111. The van der Waals surface area contributed by atoms with E-state index in [0.717, 1.165) is 11.3 Å². The highest BCUT2D eigenvalue weighted by molar-refractivity contribution is 5.93. The lowest BCUT2D eigenvalue weighted by atomic mass is 10.1. The van der Waals surface area contributed by atoms with Gasteiger partial charge in [-0.25, -0.2) is 0 Å². The molecule has 3 aromatic heterocycles. The Morgan fingerprint density at radius 2 is 1.96 bits per heavy atom. The highest BCUT2D eigenvalue weighted by Gasteiger charge is 2.11. The SMILES string of the molecule is Cc1ccc(-c2ccc3nnc(CNC(=O)c4ccoc4)n3n2)cc1. The summed E-state index contributed by atoms with van der Waals surface area (Å²) in [4.78, 5) is 12.0. The van der Waals surface area contributed by atoms with Crippen LogP contribution in [0.5, 0.6) is 0 Å². The van der Waals surface area contributed by atoms with Crippen molar-refractivity contribution in [1.29, 1.82) is 0 Å². The van der Waals surface area contributed by atoms with E-state index in [2.05, 4.69) is 20.6 Å². The van der Waals surface area contributed by atoms with Crippen molar-refractivity contribution < 1.29 is 9.21 Å². The zero-order valence-electron chi connectivity index (χ0n) is 13.5. The highest BCUT2D eigenvalue weighted by Crippen LogP contribution is 2.18. The first kappa shape index (κ1) is 15.1. The lowest BCUT2D eigenvalue weighted by Crippen LogP contribution is -2.23. The summed E-state index contributed by atoms with van der Waals surface area (Å²) in [7, 11) is 0. The van der Waals surface area contributed by atoms with E-state index in [0.29, 0.717) is 17.0 Å². The largest absolute Gasteiger partial charge is 0.472 e. The van der Waals surface area contributed by atoms with Gasteiger partial charge in [0.1, 0.15) is 6.26 Å². The third kappa shape index (κ3) is 2.99. The molecule has 0 fully saturated rings. The number of amides is 1. The molecule has 1 N–H and O–H groups in total. The Balaban J connectivity index is 1.60. The van der Waals surface area contributed by atoms with Crippen LogP contribution in [0.4, 0.5) is 0 Å². The van der Waals surface area contributed by atoms with Gasteiger partial charge in [0.2, 0.25) is 0 Å². The van der Waals surface area contributed by atoms with Crippen LogP contribution in [0.15, 0.2) is 59.4 Å². The monoisotopic (exact) mass is 333 g/mol. The first-order chi connectivity index (χ1) is 12.2. The van der Waals surface area contributed by atoms with Crippen molar-refractivity contribution in [1.82, 2.24) is 25.1 Å². The number of carbonyl (C=O) groups excluding carboxylic acids is 1. The Labute approximate surface area is 143 Å². The summed E-state index contributed by atoms with van der Waals surface area (Å²) < 4.78 is 6.55. The number of nitrogens with one attached hydrogen (secondary N) is 1. The zero-order valence-corrected chi connectivity index (χ0v) is 13.5. The van der Waals surface area contributed by atoms with Crippen molar-refractivity contribution in [3.63, 3.8) is 0 Å². The number of hydrogen-bond donors (Lipinski definition) is 1. The molecule has 0 atom stereocenters. The molecule has 0 bridgehead atoms. The van der Waals surface area contributed by atoms with Crippen molar-refractivity contribution in [2.45, 2.75) is 13.5 Å². The second kappa shape index (κ2) is 6.20. The van der Waals surface area contributed by atoms with E-state index in [1.165, 1.54) is 18.1 Å². The number of hydrogen-bond acceptors (Lipinski definition) is 5. The van der Waals surface area contributed by atoms with E-state index in [1.54, 1.807) is 10.6 Å². The first-order valence-corrected chi connectivity index (χ1v) is 7.79. The summed E-state index contributed by atoms with van der Waals surface area (Å²) >= 11 is 0. The van der Waals surface area contributed by atoms with Crippen molar-refractivity contribution >= 4 is 11.6 Å². The summed E-state index contributed by atoms with van der Waals surface area (Å²) in [6.45, 7) is 2.26. The Bertz CT molecular complexity index is 1020. The third-order valence-corrected chi connectivity index (χ3v) is 3.87. The predicted octanol–water partition coefficient (Wildman–Crippen LogP) is 2.62. The predicted molar refractivity (Wildman–Crippen MR) is 90.8 cm³/mol. The average molecular weight is 333 g/mol. The molecule has 0 aliphatic heterocycles. The molecule has 0 aliphatic rings. The number of rotatable bonds is 4. The summed E-state index contributed by atoms with van der Waals surface area (Å²) in [5.74, 6) is 0.320. The third-order valence-electron chi connectivity index (χ3n) is 3.87. The molecule has 7 heteroatoms. The smallest absolute Gasteiger partial charge is 0.254 e. The van der Waals surface area contributed by atoms with Crippen LogP contribution in [0.2, 0.25) is 0 Å². The number of benzene rings is 1. The maximum absolute atomic E-state index is 12.0. The number of nitrogens with zero attached hydrogens (tertiary/aromatic N) is 4. The molecule has 4 aromatic rings. The molecular formula is C18H15N5O2. The van der Waals surface area contributed by atoms with Gasteiger partial charge in [-0.15, -0.1) is 10.2 Å². The fourth-order valence-corrected chi connectivity index (χ4v) is 2.48. The molecular weight excluding hydrogens is 318 g/mol. The Kier molecular flexibility index (Phi) is 3.74. The quantitative estimate of drug-likeness (QED) is 0.620. The number of carbonyl (C=O) groups is 1. The maximum Gasteiger partial charge on any atom is 0.254 e. The van der Waals surface area contributed by atoms with E-state index in [-0.39, 0.29) is 12.5 Å². The summed E-state index contributed by atoms with van der Waals surface area (Å²) in [5, 5.41) is 15.6. The van der Waals surface area contributed by atoms with Gasteiger partial charge >= 0.3 is 0 Å². The number of aryl methyl sites for hydroxylation is 1. The molecule has 3 heterocycles. The van der Waals surface area contributed by atoms with E-state index in [9.17, 15) is 4.79 Å². The average Bonchev–Trinajstić information content (AvgIpc) is 3.30. The molecule has 1 aromatic carbocycles. The molecule has 4 rings (SSSR count). The van der Waals surface area contributed by atoms with Gasteiger partial charge in [-0.3, -0.25) is 4.79 Å². The van der Waals surface area contributed by atoms with Crippen LogP contribution < -0.4 is 5.32 Å².